The van der Waals surface area contributed by atoms with Crippen molar-refractivity contribution in [1.82, 2.24) is 4.90 Å². The van der Waals surface area contributed by atoms with Crippen molar-refractivity contribution < 1.29 is 9.90 Å². The standard InChI is InChI=1S/C23H29NO2/c1-22(2)20-13-17-18(5-4-6-19(17)25)23(22,3)9-10-24(20)21(26)16-12-14-7-8-15(16)11-14/h4-8,14-16,20,25H,9-13H2,1-3H3/t14-,15+,16-,20+,23-/m0/s1. The topological polar surface area (TPSA) is 40.5 Å². The number of aromatic hydroxyl groups is 1. The SMILES string of the molecule is CC1(C)[C@H]2Cc3c(O)cccc3[C@]1(C)CCN2C(=O)[C@H]1C[C@H]2C=C[C@@H]1C2. The van der Waals surface area contributed by atoms with Crippen LogP contribution in [0.4, 0.5) is 0 Å². The minimum absolute atomic E-state index is 0.00461. The molecule has 4 bridgehead atoms. The van der Waals surface area contributed by atoms with Gasteiger partial charge in [-0.2, -0.15) is 0 Å². The van der Waals surface area contributed by atoms with Crippen LogP contribution >= 0.6 is 0 Å². The third-order valence-corrected chi connectivity index (χ3v) is 8.51. The summed E-state index contributed by atoms with van der Waals surface area (Å²) in [4.78, 5) is 15.7. The van der Waals surface area contributed by atoms with Gasteiger partial charge >= 0.3 is 0 Å². The Hall–Kier alpha value is -1.77. The summed E-state index contributed by atoms with van der Waals surface area (Å²) in [5.74, 6) is 2.00. The maximum atomic E-state index is 13.5. The first-order valence-corrected chi connectivity index (χ1v) is 10.1. The second kappa shape index (κ2) is 5.15. The second-order valence-corrected chi connectivity index (χ2v) is 9.75. The summed E-state index contributed by atoms with van der Waals surface area (Å²) >= 11 is 0. The number of benzene rings is 1. The zero-order chi connectivity index (χ0) is 18.3. The Morgan fingerprint density at radius 1 is 1.19 bits per heavy atom. The Labute approximate surface area is 156 Å². The highest BCUT2D eigenvalue weighted by atomic mass is 16.3. The van der Waals surface area contributed by atoms with Crippen LogP contribution in [-0.2, 0) is 16.6 Å². The molecule has 3 heteroatoms. The van der Waals surface area contributed by atoms with Crippen LogP contribution in [0.2, 0.25) is 0 Å². The summed E-state index contributed by atoms with van der Waals surface area (Å²) in [7, 11) is 0. The molecule has 1 aliphatic heterocycles. The number of nitrogens with zero attached hydrogens (tertiary/aromatic N) is 1. The van der Waals surface area contributed by atoms with E-state index in [9.17, 15) is 9.90 Å². The largest absolute Gasteiger partial charge is 0.508 e. The van der Waals surface area contributed by atoms with E-state index in [4.69, 9.17) is 0 Å². The molecule has 0 spiro atoms. The number of allylic oxidation sites excluding steroid dienone is 2. The van der Waals surface area contributed by atoms with Gasteiger partial charge < -0.3 is 10.0 Å². The maximum Gasteiger partial charge on any atom is 0.226 e. The number of hydrogen-bond donors (Lipinski definition) is 1. The van der Waals surface area contributed by atoms with E-state index in [1.165, 1.54) is 12.0 Å². The summed E-state index contributed by atoms with van der Waals surface area (Å²) in [6.07, 6.45) is 8.52. The van der Waals surface area contributed by atoms with Crippen LogP contribution < -0.4 is 0 Å². The highest BCUT2D eigenvalue weighted by Gasteiger charge is 2.58. The zero-order valence-corrected chi connectivity index (χ0v) is 16.0. The van der Waals surface area contributed by atoms with E-state index in [0.717, 1.165) is 31.4 Å². The van der Waals surface area contributed by atoms with Crippen molar-refractivity contribution in [3.8, 4) is 5.75 Å². The van der Waals surface area contributed by atoms with Gasteiger partial charge in [-0.3, -0.25) is 4.79 Å². The van der Waals surface area contributed by atoms with E-state index in [2.05, 4.69) is 43.9 Å². The molecule has 0 unspecified atom stereocenters. The molecular weight excluding hydrogens is 322 g/mol. The number of fused-ring (bicyclic) bond motifs is 6. The van der Waals surface area contributed by atoms with Crippen LogP contribution in [-0.4, -0.2) is 28.5 Å². The number of hydrogen-bond acceptors (Lipinski definition) is 2. The van der Waals surface area contributed by atoms with Gasteiger partial charge in [-0.1, -0.05) is 45.1 Å². The molecule has 3 nitrogen and oxygen atoms in total. The number of carbonyl (C=O) groups excluding carboxylic acids is 1. The lowest BCUT2D eigenvalue weighted by atomic mass is 9.51. The molecule has 0 aromatic heterocycles. The van der Waals surface area contributed by atoms with Gasteiger partial charge in [0.25, 0.3) is 0 Å². The quantitative estimate of drug-likeness (QED) is 0.776. The van der Waals surface area contributed by atoms with Gasteiger partial charge in [-0.05, 0) is 60.1 Å². The van der Waals surface area contributed by atoms with E-state index >= 15 is 0 Å². The Bertz CT molecular complexity index is 810. The Morgan fingerprint density at radius 2 is 2.00 bits per heavy atom. The number of phenols is 1. The Balaban J connectivity index is 1.54. The molecule has 2 fully saturated rings. The average Bonchev–Trinajstić information content (AvgIpc) is 3.21. The first kappa shape index (κ1) is 16.4. The molecule has 26 heavy (non-hydrogen) atoms. The van der Waals surface area contributed by atoms with E-state index in [-0.39, 0.29) is 22.8 Å². The van der Waals surface area contributed by atoms with Gasteiger partial charge in [-0.25, -0.2) is 0 Å². The molecule has 4 aliphatic rings. The van der Waals surface area contributed by atoms with E-state index in [0.29, 0.717) is 23.5 Å². The van der Waals surface area contributed by atoms with Crippen molar-refractivity contribution in [1.29, 1.82) is 0 Å². The van der Waals surface area contributed by atoms with Crippen molar-refractivity contribution in [2.24, 2.45) is 23.2 Å². The van der Waals surface area contributed by atoms with Crippen LogP contribution in [0, 0.1) is 23.2 Å². The summed E-state index contributed by atoms with van der Waals surface area (Å²) in [5, 5.41) is 10.5. The van der Waals surface area contributed by atoms with E-state index < -0.39 is 0 Å². The monoisotopic (exact) mass is 351 g/mol. The minimum Gasteiger partial charge on any atom is -0.508 e. The number of carbonyl (C=O) groups is 1. The fourth-order valence-corrected chi connectivity index (χ4v) is 6.47. The molecule has 0 radical (unpaired) electrons. The molecule has 5 atom stereocenters. The lowest BCUT2D eigenvalue weighted by Crippen LogP contribution is -2.65. The normalized spacial score (nSPS) is 39.1. The molecule has 1 saturated carbocycles. The van der Waals surface area contributed by atoms with E-state index in [1.807, 2.05) is 6.07 Å². The summed E-state index contributed by atoms with van der Waals surface area (Å²) < 4.78 is 0. The molecular formula is C23H29NO2. The van der Waals surface area contributed by atoms with Gasteiger partial charge in [0.1, 0.15) is 5.75 Å². The molecule has 1 aromatic carbocycles. The minimum atomic E-state index is -0.00480. The lowest BCUT2D eigenvalue weighted by molar-refractivity contribution is -0.149. The number of rotatable bonds is 1. The first-order valence-electron chi connectivity index (χ1n) is 10.1. The van der Waals surface area contributed by atoms with Crippen molar-refractivity contribution >= 4 is 5.91 Å². The van der Waals surface area contributed by atoms with Gasteiger partial charge in [0.05, 0.1) is 0 Å². The fraction of sp³-hybridized carbons (Fsp3) is 0.609. The van der Waals surface area contributed by atoms with Crippen LogP contribution in [0.3, 0.4) is 0 Å². The Morgan fingerprint density at radius 3 is 2.69 bits per heavy atom. The van der Waals surface area contributed by atoms with Crippen LogP contribution in [0.15, 0.2) is 30.4 Å². The average molecular weight is 351 g/mol. The first-order chi connectivity index (χ1) is 12.3. The lowest BCUT2D eigenvalue weighted by Gasteiger charge is -2.61. The molecule has 1 N–H and O–H groups in total. The summed E-state index contributed by atoms with van der Waals surface area (Å²) in [6, 6.07) is 6.11. The predicted octanol–water partition coefficient (Wildman–Crippen LogP) is 4.05. The zero-order valence-electron chi connectivity index (χ0n) is 16.0. The third kappa shape index (κ3) is 1.92. The van der Waals surface area contributed by atoms with Gasteiger partial charge in [0.15, 0.2) is 0 Å². The van der Waals surface area contributed by atoms with Crippen LogP contribution in [0.5, 0.6) is 5.75 Å². The van der Waals surface area contributed by atoms with Crippen LogP contribution in [0.1, 0.15) is 51.2 Å². The number of phenolic OH excluding ortho intramolecular Hbond substituents is 1. The smallest absolute Gasteiger partial charge is 0.226 e. The maximum absolute atomic E-state index is 13.5. The molecule has 5 rings (SSSR count). The molecule has 1 heterocycles. The van der Waals surface area contributed by atoms with Crippen molar-refractivity contribution in [3.05, 3.63) is 41.5 Å². The highest BCUT2D eigenvalue weighted by molar-refractivity contribution is 5.81. The van der Waals surface area contributed by atoms with Crippen molar-refractivity contribution in [3.63, 3.8) is 0 Å². The second-order valence-electron chi connectivity index (χ2n) is 9.75. The molecule has 1 saturated heterocycles. The van der Waals surface area contributed by atoms with Crippen LogP contribution in [0.25, 0.3) is 0 Å². The van der Waals surface area contributed by atoms with Gasteiger partial charge in [-0.15, -0.1) is 0 Å². The molecule has 138 valence electrons. The fourth-order valence-electron chi connectivity index (χ4n) is 6.47. The number of amides is 1. The van der Waals surface area contributed by atoms with E-state index in [1.54, 1.807) is 6.07 Å². The Kier molecular flexibility index (Phi) is 3.25. The molecule has 3 aliphatic carbocycles. The van der Waals surface area contributed by atoms with Crippen molar-refractivity contribution in [2.45, 2.75) is 57.9 Å². The molecule has 1 amide bonds. The van der Waals surface area contributed by atoms with Crippen molar-refractivity contribution in [2.75, 3.05) is 6.54 Å². The summed E-state index contributed by atoms with van der Waals surface area (Å²) in [5.41, 5.74) is 2.34. The summed E-state index contributed by atoms with van der Waals surface area (Å²) in [6.45, 7) is 7.82. The third-order valence-electron chi connectivity index (χ3n) is 8.51. The number of piperidine rings is 1. The predicted molar refractivity (Wildman–Crippen MR) is 102 cm³/mol. The molecule has 1 aromatic rings. The van der Waals surface area contributed by atoms with Gasteiger partial charge in [0.2, 0.25) is 5.91 Å². The number of likely N-dealkylation sites (tertiary alicyclic amines) is 1. The highest BCUT2D eigenvalue weighted by Crippen LogP contribution is 2.57. The van der Waals surface area contributed by atoms with Gasteiger partial charge in [0, 0.05) is 23.9 Å².